The van der Waals surface area contributed by atoms with E-state index < -0.39 is 0 Å². The molecular formula is C19H21ClN4O2S. The van der Waals surface area contributed by atoms with Gasteiger partial charge in [-0.05, 0) is 49.9 Å². The molecule has 142 valence electrons. The Balaban J connectivity index is 0.00000210. The van der Waals surface area contributed by atoms with Gasteiger partial charge in [0.1, 0.15) is 11.4 Å². The van der Waals surface area contributed by atoms with Gasteiger partial charge in [-0.2, -0.15) is 0 Å². The molecule has 0 unspecified atom stereocenters. The van der Waals surface area contributed by atoms with Gasteiger partial charge in [-0.25, -0.2) is 4.98 Å². The smallest absolute Gasteiger partial charge is 0.262 e. The summed E-state index contributed by atoms with van der Waals surface area (Å²) in [7, 11) is 0. The summed E-state index contributed by atoms with van der Waals surface area (Å²) in [6, 6.07) is 5.63. The van der Waals surface area contributed by atoms with Crippen LogP contribution in [0.1, 0.15) is 22.4 Å². The summed E-state index contributed by atoms with van der Waals surface area (Å²) in [5.41, 5.74) is 9.42. The highest BCUT2D eigenvalue weighted by molar-refractivity contribution is 7.18. The van der Waals surface area contributed by atoms with Crippen molar-refractivity contribution in [3.63, 3.8) is 0 Å². The maximum atomic E-state index is 12.9. The molecule has 1 aliphatic rings. The highest BCUT2D eigenvalue weighted by Crippen LogP contribution is 2.31. The lowest BCUT2D eigenvalue weighted by atomic mass is 10.00. The molecule has 1 amide bonds. The van der Waals surface area contributed by atoms with Crippen LogP contribution in [-0.2, 0) is 17.8 Å². The molecule has 0 saturated carbocycles. The zero-order valence-electron chi connectivity index (χ0n) is 15.2. The van der Waals surface area contributed by atoms with E-state index in [0.29, 0.717) is 17.6 Å². The van der Waals surface area contributed by atoms with Gasteiger partial charge in [0.25, 0.3) is 5.56 Å². The molecule has 6 nitrogen and oxygen atoms in total. The zero-order valence-corrected chi connectivity index (χ0v) is 16.8. The van der Waals surface area contributed by atoms with E-state index in [1.54, 1.807) is 4.90 Å². The first-order valence-electron chi connectivity index (χ1n) is 8.60. The molecule has 1 aromatic carbocycles. The molecule has 8 heteroatoms. The predicted octanol–water partition coefficient (Wildman–Crippen LogP) is 3.06. The molecule has 2 aromatic heterocycles. The zero-order chi connectivity index (χ0) is 18.4. The molecular weight excluding hydrogens is 384 g/mol. The van der Waals surface area contributed by atoms with Crippen LogP contribution in [0.15, 0.2) is 29.3 Å². The van der Waals surface area contributed by atoms with Crippen molar-refractivity contribution in [1.29, 1.82) is 0 Å². The number of carbonyl (C=O) groups is 1. The number of nitrogen functional groups attached to an aromatic ring is 1. The second kappa shape index (κ2) is 7.32. The molecule has 27 heavy (non-hydrogen) atoms. The molecule has 0 aliphatic carbocycles. The fourth-order valence-electron chi connectivity index (χ4n) is 3.52. The third-order valence-electron chi connectivity index (χ3n) is 5.05. The Hall–Kier alpha value is -2.38. The number of thiophene rings is 1. The van der Waals surface area contributed by atoms with E-state index in [2.05, 4.69) is 4.98 Å². The largest absolute Gasteiger partial charge is 0.398 e. The van der Waals surface area contributed by atoms with Crippen LogP contribution in [0.4, 0.5) is 11.4 Å². The topological polar surface area (TPSA) is 81.2 Å². The van der Waals surface area contributed by atoms with Gasteiger partial charge in [0.05, 0.1) is 11.7 Å². The van der Waals surface area contributed by atoms with Crippen LogP contribution >= 0.6 is 23.7 Å². The molecule has 0 spiro atoms. The van der Waals surface area contributed by atoms with Gasteiger partial charge in [-0.1, -0.05) is 6.07 Å². The summed E-state index contributed by atoms with van der Waals surface area (Å²) in [4.78, 5) is 33.6. The second-order valence-corrected chi connectivity index (χ2v) is 7.84. The van der Waals surface area contributed by atoms with E-state index >= 15 is 0 Å². The monoisotopic (exact) mass is 404 g/mol. The molecule has 0 atom stereocenters. The van der Waals surface area contributed by atoms with Gasteiger partial charge < -0.3 is 10.6 Å². The standard InChI is InChI=1S/C19H20N4O2S.ClH/c1-11-12(2)26-18-17(11)19(25)22(10-21-18)9-16(24)23-8-4-5-13-14(20)6-3-7-15(13)23;/h3,6-7,10H,4-5,8-9,20H2,1-2H3;1H. The predicted molar refractivity (Wildman–Crippen MR) is 112 cm³/mol. The number of carbonyl (C=O) groups excluding carboxylic acids is 1. The molecule has 0 bridgehead atoms. The first kappa shape index (κ1) is 19.4. The average Bonchev–Trinajstić information content (AvgIpc) is 2.92. The Morgan fingerprint density at radius 1 is 1.33 bits per heavy atom. The summed E-state index contributed by atoms with van der Waals surface area (Å²) in [6.07, 6.45) is 3.21. The molecule has 0 radical (unpaired) electrons. The SMILES string of the molecule is Cc1sc2ncn(CC(=O)N3CCCc4c(N)cccc43)c(=O)c2c1C.Cl. The first-order valence-corrected chi connectivity index (χ1v) is 9.42. The Bertz CT molecular complexity index is 1090. The number of hydrogen-bond acceptors (Lipinski definition) is 5. The quantitative estimate of drug-likeness (QED) is 0.665. The van der Waals surface area contributed by atoms with E-state index in [4.69, 9.17) is 5.73 Å². The van der Waals surface area contributed by atoms with Gasteiger partial charge in [0, 0.05) is 22.8 Å². The third kappa shape index (κ3) is 3.21. The fourth-order valence-corrected chi connectivity index (χ4v) is 4.51. The summed E-state index contributed by atoms with van der Waals surface area (Å²) >= 11 is 1.51. The highest BCUT2D eigenvalue weighted by Gasteiger charge is 2.24. The number of nitrogens with zero attached hydrogens (tertiary/aromatic N) is 3. The number of rotatable bonds is 2. The van der Waals surface area contributed by atoms with Crippen LogP contribution in [0.5, 0.6) is 0 Å². The lowest BCUT2D eigenvalue weighted by Gasteiger charge is -2.30. The number of benzene rings is 1. The molecule has 0 saturated heterocycles. The summed E-state index contributed by atoms with van der Waals surface area (Å²) in [5, 5.41) is 0.617. The third-order valence-corrected chi connectivity index (χ3v) is 6.16. The summed E-state index contributed by atoms with van der Waals surface area (Å²) in [5.74, 6) is -0.121. The number of aryl methyl sites for hydroxylation is 2. The molecule has 0 fully saturated rings. The minimum Gasteiger partial charge on any atom is -0.398 e. The number of fused-ring (bicyclic) bond motifs is 2. The maximum absolute atomic E-state index is 12.9. The summed E-state index contributed by atoms with van der Waals surface area (Å²) in [6.45, 7) is 4.51. The van der Waals surface area contributed by atoms with Crippen LogP contribution < -0.4 is 16.2 Å². The maximum Gasteiger partial charge on any atom is 0.262 e. The van der Waals surface area contributed by atoms with Crippen molar-refractivity contribution in [2.45, 2.75) is 33.2 Å². The normalized spacial score (nSPS) is 13.3. The van der Waals surface area contributed by atoms with Crippen molar-refractivity contribution in [3.05, 3.63) is 50.9 Å². The molecule has 1 aliphatic heterocycles. The molecule has 2 N–H and O–H groups in total. The van der Waals surface area contributed by atoms with Gasteiger partial charge >= 0.3 is 0 Å². The van der Waals surface area contributed by atoms with Crippen molar-refractivity contribution in [2.75, 3.05) is 17.2 Å². The van der Waals surface area contributed by atoms with Crippen LogP contribution in [-0.4, -0.2) is 22.0 Å². The number of anilines is 2. The van der Waals surface area contributed by atoms with Gasteiger partial charge in [0.15, 0.2) is 0 Å². The van der Waals surface area contributed by atoms with Crippen LogP contribution in [0.2, 0.25) is 0 Å². The lowest BCUT2D eigenvalue weighted by molar-refractivity contribution is -0.119. The van der Waals surface area contributed by atoms with E-state index in [1.165, 1.54) is 22.2 Å². The number of nitrogens with two attached hydrogens (primary N) is 1. The van der Waals surface area contributed by atoms with Crippen molar-refractivity contribution in [1.82, 2.24) is 9.55 Å². The molecule has 4 rings (SSSR count). The highest BCUT2D eigenvalue weighted by atomic mass is 35.5. The molecule has 3 aromatic rings. The van der Waals surface area contributed by atoms with Crippen molar-refractivity contribution >= 4 is 51.2 Å². The number of amides is 1. The summed E-state index contributed by atoms with van der Waals surface area (Å²) < 4.78 is 1.41. The van der Waals surface area contributed by atoms with E-state index in [9.17, 15) is 9.59 Å². The Labute approximate surface area is 167 Å². The van der Waals surface area contributed by atoms with Crippen LogP contribution in [0.3, 0.4) is 0 Å². The van der Waals surface area contributed by atoms with Gasteiger partial charge in [-0.3, -0.25) is 14.2 Å². The number of aromatic nitrogens is 2. The first-order chi connectivity index (χ1) is 12.5. The Kier molecular flexibility index (Phi) is 5.26. The van der Waals surface area contributed by atoms with Gasteiger partial charge in [0.2, 0.25) is 5.91 Å². The van der Waals surface area contributed by atoms with Crippen LogP contribution in [0, 0.1) is 13.8 Å². The van der Waals surface area contributed by atoms with Gasteiger partial charge in [-0.15, -0.1) is 23.7 Å². The number of halogens is 1. The number of hydrogen-bond donors (Lipinski definition) is 1. The lowest BCUT2D eigenvalue weighted by Crippen LogP contribution is -2.39. The Morgan fingerprint density at radius 3 is 2.89 bits per heavy atom. The minimum atomic E-state index is -0.157. The average molecular weight is 405 g/mol. The molecule has 3 heterocycles. The van der Waals surface area contributed by atoms with E-state index in [1.807, 2.05) is 32.0 Å². The Morgan fingerprint density at radius 2 is 2.11 bits per heavy atom. The minimum absolute atomic E-state index is 0. The van der Waals surface area contributed by atoms with Crippen molar-refractivity contribution < 1.29 is 4.79 Å². The second-order valence-electron chi connectivity index (χ2n) is 6.63. The fraction of sp³-hybridized carbons (Fsp3) is 0.316. The van der Waals surface area contributed by atoms with E-state index in [0.717, 1.165) is 39.4 Å². The van der Waals surface area contributed by atoms with Crippen molar-refractivity contribution in [2.24, 2.45) is 0 Å². The van der Waals surface area contributed by atoms with E-state index in [-0.39, 0.29) is 30.4 Å². The van der Waals surface area contributed by atoms with Crippen LogP contribution in [0.25, 0.3) is 10.2 Å². The van der Waals surface area contributed by atoms with Crippen molar-refractivity contribution in [3.8, 4) is 0 Å².